The predicted octanol–water partition coefficient (Wildman–Crippen LogP) is 2.27. The molecule has 1 aromatic carbocycles. The second-order valence-corrected chi connectivity index (χ2v) is 5.22. The molecule has 0 aliphatic carbocycles. The number of hydrogen-bond acceptors (Lipinski definition) is 2. The van der Waals surface area contributed by atoms with Crippen LogP contribution in [-0.2, 0) is 0 Å². The molecule has 1 aromatic rings. The Labute approximate surface area is 116 Å². The lowest BCUT2D eigenvalue weighted by Gasteiger charge is -2.26. The van der Waals surface area contributed by atoms with E-state index >= 15 is 0 Å². The molecule has 1 aliphatic heterocycles. The minimum atomic E-state index is -1.56. The van der Waals surface area contributed by atoms with Crippen LogP contribution in [0.4, 0.5) is 13.2 Å². The van der Waals surface area contributed by atoms with E-state index < -0.39 is 23.4 Å². The molecule has 1 atom stereocenters. The molecular weight excluding hydrogens is 269 g/mol. The van der Waals surface area contributed by atoms with Gasteiger partial charge in [0.25, 0.3) is 5.91 Å². The van der Waals surface area contributed by atoms with E-state index in [-0.39, 0.29) is 11.6 Å². The molecule has 3 nitrogen and oxygen atoms in total. The van der Waals surface area contributed by atoms with E-state index in [2.05, 4.69) is 4.90 Å². The first-order valence-corrected chi connectivity index (χ1v) is 6.50. The van der Waals surface area contributed by atoms with Crippen molar-refractivity contribution < 1.29 is 18.0 Å². The lowest BCUT2D eigenvalue weighted by molar-refractivity contribution is 0.0760. The second-order valence-electron chi connectivity index (χ2n) is 5.22. The average Bonchev–Trinajstić information content (AvgIpc) is 2.80. The summed E-state index contributed by atoms with van der Waals surface area (Å²) in [7, 11) is 3.56. The number of halogens is 3. The normalized spacial score (nSPS) is 19.4. The molecule has 2 rings (SSSR count). The highest BCUT2D eigenvalue weighted by atomic mass is 19.2. The molecule has 0 spiro atoms. The van der Waals surface area contributed by atoms with E-state index in [9.17, 15) is 18.0 Å². The smallest absolute Gasteiger partial charge is 0.253 e. The summed E-state index contributed by atoms with van der Waals surface area (Å²) in [5.41, 5.74) is -0.176. The summed E-state index contributed by atoms with van der Waals surface area (Å²) in [6.07, 6.45) is 2.06. The van der Waals surface area contributed by atoms with Crippen molar-refractivity contribution in [2.75, 3.05) is 27.2 Å². The Balaban J connectivity index is 2.10. The number of carbonyl (C=O) groups excluding carboxylic acids is 1. The number of likely N-dealkylation sites (N-methyl/N-ethyl adjacent to an activating group) is 2. The van der Waals surface area contributed by atoms with E-state index in [4.69, 9.17) is 0 Å². The molecule has 1 fully saturated rings. The van der Waals surface area contributed by atoms with E-state index in [0.717, 1.165) is 31.5 Å². The fraction of sp³-hybridized carbons (Fsp3) is 0.500. The summed E-state index contributed by atoms with van der Waals surface area (Å²) in [6.45, 7) is 1.46. The lowest BCUT2D eigenvalue weighted by atomic mass is 10.1. The maximum Gasteiger partial charge on any atom is 0.253 e. The molecule has 110 valence electrons. The SMILES string of the molecule is CN(CC1CCCN1C)C(=O)c1cc(F)c(F)c(F)c1. The Bertz CT molecular complexity index is 498. The Hall–Kier alpha value is -1.56. The van der Waals surface area contributed by atoms with Gasteiger partial charge in [-0.15, -0.1) is 0 Å². The summed E-state index contributed by atoms with van der Waals surface area (Å²) in [5, 5.41) is 0. The largest absolute Gasteiger partial charge is 0.340 e. The number of likely N-dealkylation sites (tertiary alicyclic amines) is 1. The van der Waals surface area contributed by atoms with E-state index in [1.807, 2.05) is 7.05 Å². The number of hydrogen-bond donors (Lipinski definition) is 0. The van der Waals surface area contributed by atoms with Gasteiger partial charge in [-0.2, -0.15) is 0 Å². The summed E-state index contributed by atoms with van der Waals surface area (Å²) >= 11 is 0. The Kier molecular flexibility index (Phi) is 4.32. The van der Waals surface area contributed by atoms with Crippen molar-refractivity contribution >= 4 is 5.91 Å². The topological polar surface area (TPSA) is 23.6 Å². The van der Waals surface area contributed by atoms with Gasteiger partial charge in [-0.25, -0.2) is 13.2 Å². The Morgan fingerprint density at radius 1 is 1.35 bits per heavy atom. The minimum Gasteiger partial charge on any atom is -0.340 e. The molecule has 0 bridgehead atoms. The molecule has 6 heteroatoms. The van der Waals surface area contributed by atoms with Crippen molar-refractivity contribution in [3.05, 3.63) is 35.1 Å². The standard InChI is InChI=1S/C14H17F3N2O/c1-18-5-3-4-10(18)8-19(2)14(20)9-6-11(15)13(17)12(16)7-9/h6-7,10H,3-5,8H2,1-2H3. The number of rotatable bonds is 3. The first-order chi connectivity index (χ1) is 9.40. The summed E-state index contributed by atoms with van der Waals surface area (Å²) < 4.78 is 39.1. The minimum absolute atomic E-state index is 0.176. The molecule has 20 heavy (non-hydrogen) atoms. The molecule has 0 saturated carbocycles. The molecule has 1 unspecified atom stereocenters. The van der Waals surface area contributed by atoms with Gasteiger partial charge in [0.1, 0.15) is 0 Å². The monoisotopic (exact) mass is 286 g/mol. The zero-order chi connectivity index (χ0) is 14.9. The third kappa shape index (κ3) is 2.95. The number of nitrogens with zero attached hydrogens (tertiary/aromatic N) is 2. The number of benzene rings is 1. The van der Waals surface area contributed by atoms with Gasteiger partial charge in [-0.05, 0) is 38.6 Å². The van der Waals surface area contributed by atoms with Gasteiger partial charge in [0.05, 0.1) is 0 Å². The second kappa shape index (κ2) is 5.83. The fourth-order valence-electron chi connectivity index (χ4n) is 2.51. The van der Waals surface area contributed by atoms with Crippen LogP contribution >= 0.6 is 0 Å². The molecule has 0 N–H and O–H groups in total. The van der Waals surface area contributed by atoms with Crippen LogP contribution in [0.3, 0.4) is 0 Å². The average molecular weight is 286 g/mol. The molecule has 1 amide bonds. The van der Waals surface area contributed by atoms with E-state index in [1.54, 1.807) is 7.05 Å². The predicted molar refractivity (Wildman–Crippen MR) is 68.9 cm³/mol. The van der Waals surface area contributed by atoms with Crippen molar-refractivity contribution in [2.24, 2.45) is 0 Å². The van der Waals surface area contributed by atoms with Crippen LogP contribution < -0.4 is 0 Å². The maximum absolute atomic E-state index is 13.1. The van der Waals surface area contributed by atoms with Crippen LogP contribution in [0.2, 0.25) is 0 Å². The highest BCUT2D eigenvalue weighted by Gasteiger charge is 2.25. The Morgan fingerprint density at radius 2 is 1.95 bits per heavy atom. The van der Waals surface area contributed by atoms with Crippen molar-refractivity contribution in [3.63, 3.8) is 0 Å². The van der Waals surface area contributed by atoms with Gasteiger partial charge >= 0.3 is 0 Å². The van der Waals surface area contributed by atoms with Gasteiger partial charge in [-0.1, -0.05) is 0 Å². The molecule has 0 radical (unpaired) electrons. The maximum atomic E-state index is 13.1. The molecular formula is C14H17F3N2O. The number of carbonyl (C=O) groups is 1. The van der Waals surface area contributed by atoms with Gasteiger partial charge in [0.15, 0.2) is 17.5 Å². The quantitative estimate of drug-likeness (QED) is 0.796. The van der Waals surface area contributed by atoms with Crippen LogP contribution in [0, 0.1) is 17.5 Å². The van der Waals surface area contributed by atoms with E-state index in [0.29, 0.717) is 6.54 Å². The zero-order valence-electron chi connectivity index (χ0n) is 11.5. The van der Waals surface area contributed by atoms with Gasteiger partial charge in [0, 0.05) is 25.2 Å². The van der Waals surface area contributed by atoms with Crippen LogP contribution in [0.1, 0.15) is 23.2 Å². The van der Waals surface area contributed by atoms with Gasteiger partial charge in [0.2, 0.25) is 0 Å². The first kappa shape index (κ1) is 14.8. The van der Waals surface area contributed by atoms with Crippen molar-refractivity contribution in [3.8, 4) is 0 Å². The number of amides is 1. The third-order valence-electron chi connectivity index (χ3n) is 3.73. The first-order valence-electron chi connectivity index (χ1n) is 6.50. The van der Waals surface area contributed by atoms with Crippen LogP contribution in [0.25, 0.3) is 0 Å². The summed E-state index contributed by atoms with van der Waals surface area (Å²) in [5.74, 6) is -4.76. The van der Waals surface area contributed by atoms with E-state index in [1.165, 1.54) is 4.90 Å². The summed E-state index contributed by atoms with van der Waals surface area (Å²) in [4.78, 5) is 15.7. The molecule has 1 aliphatic rings. The zero-order valence-corrected chi connectivity index (χ0v) is 11.5. The highest BCUT2D eigenvalue weighted by Crippen LogP contribution is 2.18. The lowest BCUT2D eigenvalue weighted by Crippen LogP contribution is -2.39. The van der Waals surface area contributed by atoms with Crippen LogP contribution in [0.15, 0.2) is 12.1 Å². The van der Waals surface area contributed by atoms with Gasteiger partial charge < -0.3 is 9.80 Å². The van der Waals surface area contributed by atoms with Crippen molar-refractivity contribution in [1.82, 2.24) is 9.80 Å². The summed E-state index contributed by atoms with van der Waals surface area (Å²) in [6, 6.07) is 1.71. The third-order valence-corrected chi connectivity index (χ3v) is 3.73. The highest BCUT2D eigenvalue weighted by molar-refractivity contribution is 5.94. The van der Waals surface area contributed by atoms with Gasteiger partial charge in [-0.3, -0.25) is 4.79 Å². The Morgan fingerprint density at radius 3 is 2.45 bits per heavy atom. The van der Waals surface area contributed by atoms with Crippen LogP contribution in [0.5, 0.6) is 0 Å². The van der Waals surface area contributed by atoms with Crippen LogP contribution in [-0.4, -0.2) is 48.9 Å². The fourth-order valence-corrected chi connectivity index (χ4v) is 2.51. The molecule has 1 heterocycles. The van der Waals surface area contributed by atoms with Crippen molar-refractivity contribution in [1.29, 1.82) is 0 Å². The molecule has 1 saturated heterocycles. The van der Waals surface area contributed by atoms with Crippen molar-refractivity contribution in [2.45, 2.75) is 18.9 Å². The molecule has 0 aromatic heterocycles.